The molecule has 3 nitrogen and oxygen atoms in total. The van der Waals surface area contributed by atoms with Gasteiger partial charge in [0.15, 0.2) is 0 Å². The third kappa shape index (κ3) is 7.17. The highest BCUT2D eigenvalue weighted by Gasteiger charge is 2.13. The minimum absolute atomic E-state index is 0.0191. The SMILES string of the molecule is CCCCCCCCCCCNC(=O)c1cc(-c2cccc(Br)c2)nc2ccccc12. The van der Waals surface area contributed by atoms with Crippen LogP contribution < -0.4 is 5.32 Å². The number of pyridine rings is 1. The van der Waals surface area contributed by atoms with Crippen molar-refractivity contribution in [3.05, 3.63) is 64.6 Å². The summed E-state index contributed by atoms with van der Waals surface area (Å²) in [6, 6.07) is 17.8. The molecule has 1 amide bonds. The molecule has 0 aliphatic carbocycles. The Bertz CT molecular complexity index is 986. The molecule has 0 spiro atoms. The van der Waals surface area contributed by atoms with Crippen LogP contribution in [0.2, 0.25) is 0 Å². The maximum absolute atomic E-state index is 13.0. The smallest absolute Gasteiger partial charge is 0.252 e. The molecule has 164 valence electrons. The van der Waals surface area contributed by atoms with Crippen molar-refractivity contribution < 1.29 is 4.79 Å². The van der Waals surface area contributed by atoms with Crippen LogP contribution >= 0.6 is 15.9 Å². The van der Waals surface area contributed by atoms with Crippen LogP contribution in [0.4, 0.5) is 0 Å². The summed E-state index contributed by atoms with van der Waals surface area (Å²) in [5, 5.41) is 4.02. The first-order valence-corrected chi connectivity index (χ1v) is 12.4. The van der Waals surface area contributed by atoms with E-state index in [2.05, 4.69) is 28.2 Å². The fraction of sp³-hybridized carbons (Fsp3) is 0.407. The average molecular weight is 481 g/mol. The molecule has 0 fully saturated rings. The fourth-order valence-electron chi connectivity index (χ4n) is 3.89. The summed E-state index contributed by atoms with van der Waals surface area (Å²) < 4.78 is 0.997. The number of carbonyl (C=O) groups is 1. The van der Waals surface area contributed by atoms with Crippen LogP contribution in [-0.4, -0.2) is 17.4 Å². The van der Waals surface area contributed by atoms with Crippen molar-refractivity contribution in [2.45, 2.75) is 64.7 Å². The minimum atomic E-state index is -0.0191. The van der Waals surface area contributed by atoms with E-state index in [-0.39, 0.29) is 5.91 Å². The first kappa shape index (κ1) is 23.5. The number of rotatable bonds is 12. The number of halogens is 1. The normalized spacial score (nSPS) is 11.0. The highest BCUT2D eigenvalue weighted by molar-refractivity contribution is 9.10. The van der Waals surface area contributed by atoms with Crippen LogP contribution in [0.3, 0.4) is 0 Å². The molecule has 0 aliphatic rings. The molecule has 0 radical (unpaired) electrons. The first-order chi connectivity index (χ1) is 15.2. The van der Waals surface area contributed by atoms with Gasteiger partial charge in [-0.3, -0.25) is 4.79 Å². The van der Waals surface area contributed by atoms with E-state index in [0.717, 1.165) is 39.6 Å². The molecule has 0 aliphatic heterocycles. The van der Waals surface area contributed by atoms with E-state index < -0.39 is 0 Å². The molecule has 0 unspecified atom stereocenters. The standard InChI is InChI=1S/C27H33BrN2O/c1-2-3-4-5-6-7-8-9-12-18-29-27(31)24-20-26(21-14-13-15-22(28)19-21)30-25-17-11-10-16-23(24)25/h10-11,13-17,19-20H,2-9,12,18H2,1H3,(H,29,31). The number of hydrogen-bond acceptors (Lipinski definition) is 2. The van der Waals surface area contributed by atoms with Crippen molar-refractivity contribution in [3.63, 3.8) is 0 Å². The van der Waals surface area contributed by atoms with Crippen LogP contribution in [0.15, 0.2) is 59.1 Å². The summed E-state index contributed by atoms with van der Waals surface area (Å²) >= 11 is 3.52. The van der Waals surface area contributed by atoms with Crippen molar-refractivity contribution in [2.24, 2.45) is 0 Å². The lowest BCUT2D eigenvalue weighted by molar-refractivity contribution is 0.0954. The molecule has 2 aromatic carbocycles. The summed E-state index contributed by atoms with van der Waals surface area (Å²) in [7, 11) is 0. The van der Waals surface area contributed by atoms with Gasteiger partial charge >= 0.3 is 0 Å². The van der Waals surface area contributed by atoms with Crippen molar-refractivity contribution in [2.75, 3.05) is 6.54 Å². The zero-order valence-corrected chi connectivity index (χ0v) is 20.1. The highest BCUT2D eigenvalue weighted by Crippen LogP contribution is 2.26. The maximum atomic E-state index is 13.0. The van der Waals surface area contributed by atoms with Crippen LogP contribution in [0.1, 0.15) is 75.1 Å². The van der Waals surface area contributed by atoms with Crippen LogP contribution in [0.5, 0.6) is 0 Å². The number of benzene rings is 2. The summed E-state index contributed by atoms with van der Waals surface area (Å²) in [5.74, 6) is -0.0191. The van der Waals surface area contributed by atoms with E-state index in [4.69, 9.17) is 4.98 Å². The number of hydrogen-bond donors (Lipinski definition) is 1. The molecule has 4 heteroatoms. The lowest BCUT2D eigenvalue weighted by atomic mass is 10.0. The van der Waals surface area contributed by atoms with Gasteiger partial charge in [0.05, 0.1) is 16.8 Å². The number of nitrogens with one attached hydrogen (secondary N) is 1. The molecule has 1 N–H and O–H groups in total. The van der Waals surface area contributed by atoms with E-state index in [1.165, 1.54) is 51.4 Å². The number of amides is 1. The Morgan fingerprint density at radius 3 is 2.32 bits per heavy atom. The van der Waals surface area contributed by atoms with Gasteiger partial charge in [-0.1, -0.05) is 105 Å². The number of aromatic nitrogens is 1. The molecule has 3 aromatic rings. The Labute approximate surface area is 194 Å². The average Bonchev–Trinajstić information content (AvgIpc) is 2.79. The van der Waals surface area contributed by atoms with E-state index in [0.29, 0.717) is 5.56 Å². The molecule has 0 bridgehead atoms. The lowest BCUT2D eigenvalue weighted by Gasteiger charge is -2.11. The fourth-order valence-corrected chi connectivity index (χ4v) is 4.29. The Morgan fingerprint density at radius 1 is 0.871 bits per heavy atom. The molecule has 0 atom stereocenters. The van der Waals surface area contributed by atoms with Crippen LogP contribution in [-0.2, 0) is 0 Å². The lowest BCUT2D eigenvalue weighted by Crippen LogP contribution is -2.24. The number of unbranched alkanes of at least 4 members (excludes halogenated alkanes) is 8. The molecular formula is C27H33BrN2O. The van der Waals surface area contributed by atoms with Crippen molar-refractivity contribution in [1.82, 2.24) is 10.3 Å². The predicted octanol–water partition coefficient (Wildman–Crippen LogP) is 7.92. The number of fused-ring (bicyclic) bond motifs is 1. The quantitative estimate of drug-likeness (QED) is 0.267. The Morgan fingerprint density at radius 2 is 1.58 bits per heavy atom. The van der Waals surface area contributed by atoms with Crippen molar-refractivity contribution in [1.29, 1.82) is 0 Å². The second kappa shape index (κ2) is 12.6. The molecular weight excluding hydrogens is 448 g/mol. The molecule has 1 heterocycles. The Kier molecular flexibility index (Phi) is 9.54. The summed E-state index contributed by atoms with van der Waals surface area (Å²) in [6.45, 7) is 2.97. The number of carbonyl (C=O) groups excluding carboxylic acids is 1. The second-order valence-electron chi connectivity index (χ2n) is 8.17. The van der Waals surface area contributed by atoms with Gasteiger partial charge in [0, 0.05) is 22.0 Å². The monoisotopic (exact) mass is 480 g/mol. The molecule has 0 saturated carbocycles. The van der Waals surface area contributed by atoms with Gasteiger partial charge in [-0.25, -0.2) is 4.98 Å². The zero-order valence-electron chi connectivity index (χ0n) is 18.5. The number of para-hydroxylation sites is 1. The molecule has 0 saturated heterocycles. The highest BCUT2D eigenvalue weighted by atomic mass is 79.9. The maximum Gasteiger partial charge on any atom is 0.252 e. The van der Waals surface area contributed by atoms with Gasteiger partial charge in [-0.05, 0) is 30.7 Å². The largest absolute Gasteiger partial charge is 0.352 e. The Hall–Kier alpha value is -2.20. The van der Waals surface area contributed by atoms with Gasteiger partial charge in [-0.2, -0.15) is 0 Å². The summed E-state index contributed by atoms with van der Waals surface area (Å²) in [4.78, 5) is 17.8. The Balaban J connectivity index is 1.58. The van der Waals surface area contributed by atoms with E-state index in [9.17, 15) is 4.79 Å². The van der Waals surface area contributed by atoms with E-state index >= 15 is 0 Å². The van der Waals surface area contributed by atoms with Gasteiger partial charge < -0.3 is 5.32 Å². The van der Waals surface area contributed by atoms with Crippen LogP contribution in [0, 0.1) is 0 Å². The second-order valence-corrected chi connectivity index (χ2v) is 9.08. The summed E-state index contributed by atoms with van der Waals surface area (Å²) in [6.07, 6.45) is 11.5. The van der Waals surface area contributed by atoms with Crippen molar-refractivity contribution >= 4 is 32.7 Å². The van der Waals surface area contributed by atoms with Crippen molar-refractivity contribution in [3.8, 4) is 11.3 Å². The molecule has 1 aromatic heterocycles. The number of nitrogens with zero attached hydrogens (tertiary/aromatic N) is 1. The van der Waals surface area contributed by atoms with Gasteiger partial charge in [0.2, 0.25) is 0 Å². The van der Waals surface area contributed by atoms with Gasteiger partial charge in [0.1, 0.15) is 0 Å². The van der Waals surface area contributed by atoms with Gasteiger partial charge in [0.25, 0.3) is 5.91 Å². The van der Waals surface area contributed by atoms with E-state index in [1.54, 1.807) is 0 Å². The van der Waals surface area contributed by atoms with Crippen LogP contribution in [0.25, 0.3) is 22.2 Å². The molecule has 31 heavy (non-hydrogen) atoms. The minimum Gasteiger partial charge on any atom is -0.352 e. The third-order valence-corrected chi connectivity index (χ3v) is 6.14. The summed E-state index contributed by atoms with van der Waals surface area (Å²) in [5.41, 5.74) is 3.34. The zero-order chi connectivity index (χ0) is 21.9. The third-order valence-electron chi connectivity index (χ3n) is 5.65. The first-order valence-electron chi connectivity index (χ1n) is 11.6. The predicted molar refractivity (Wildman–Crippen MR) is 134 cm³/mol. The topological polar surface area (TPSA) is 42.0 Å². The van der Waals surface area contributed by atoms with Gasteiger partial charge in [-0.15, -0.1) is 0 Å². The van der Waals surface area contributed by atoms with E-state index in [1.807, 2.05) is 54.6 Å². The molecule has 3 rings (SSSR count).